The number of hydrogen-bond donors (Lipinski definition) is 2. The van der Waals surface area contributed by atoms with Gasteiger partial charge in [-0.1, -0.05) is 42.5 Å². The molecule has 9 heteroatoms. The molecule has 36 heavy (non-hydrogen) atoms. The van der Waals surface area contributed by atoms with Crippen LogP contribution in [0.5, 0.6) is 0 Å². The van der Waals surface area contributed by atoms with Crippen LogP contribution < -0.4 is 11.1 Å². The Labute approximate surface area is 206 Å². The normalized spacial score (nSPS) is 11.6. The van der Waals surface area contributed by atoms with Crippen LogP contribution in [0.1, 0.15) is 35.0 Å². The van der Waals surface area contributed by atoms with Gasteiger partial charge in [-0.2, -0.15) is 5.26 Å². The van der Waals surface area contributed by atoms with Crippen molar-refractivity contribution in [3.05, 3.63) is 96.3 Å². The lowest BCUT2D eigenvalue weighted by molar-refractivity contribution is 0.0935. The fourth-order valence-corrected chi connectivity index (χ4v) is 3.84. The van der Waals surface area contributed by atoms with Crippen LogP contribution in [0.4, 0.5) is 5.82 Å². The van der Waals surface area contributed by atoms with E-state index in [1.165, 1.54) is 6.20 Å². The summed E-state index contributed by atoms with van der Waals surface area (Å²) >= 11 is 0. The number of aromatic nitrogens is 5. The van der Waals surface area contributed by atoms with Crippen LogP contribution in [-0.2, 0) is 0 Å². The Bertz CT molecular complexity index is 1630. The van der Waals surface area contributed by atoms with E-state index in [0.29, 0.717) is 17.1 Å². The molecule has 5 aromatic rings. The number of nitrogen functional groups attached to an aromatic ring is 1. The number of carbonyl (C=O) groups excluding carboxylic acids is 1. The number of hydrogen-bond acceptors (Lipinski definition) is 8. The Hall–Kier alpha value is -5.23. The van der Waals surface area contributed by atoms with E-state index in [-0.39, 0.29) is 17.3 Å². The van der Waals surface area contributed by atoms with Crippen LogP contribution in [0.3, 0.4) is 0 Å². The molecule has 3 N–H and O–H groups in total. The van der Waals surface area contributed by atoms with Gasteiger partial charge in [0.05, 0.1) is 28.6 Å². The molecular formula is C27H20N8O. The smallest absolute Gasteiger partial charge is 0.274 e. The molecule has 0 spiro atoms. The Morgan fingerprint density at radius 1 is 0.917 bits per heavy atom. The van der Waals surface area contributed by atoms with Crippen LogP contribution in [0.15, 0.2) is 79.1 Å². The molecule has 3 aromatic heterocycles. The van der Waals surface area contributed by atoms with Gasteiger partial charge in [-0.15, -0.1) is 0 Å². The molecule has 2 aromatic carbocycles. The van der Waals surface area contributed by atoms with E-state index in [9.17, 15) is 4.79 Å². The number of carbonyl (C=O) groups is 1. The molecule has 0 saturated heterocycles. The van der Waals surface area contributed by atoms with Crippen molar-refractivity contribution in [1.29, 1.82) is 5.26 Å². The molecule has 0 saturated carbocycles. The first kappa shape index (κ1) is 22.6. The van der Waals surface area contributed by atoms with Crippen molar-refractivity contribution in [1.82, 2.24) is 30.2 Å². The monoisotopic (exact) mass is 472 g/mol. The van der Waals surface area contributed by atoms with Gasteiger partial charge in [0, 0.05) is 28.9 Å². The highest BCUT2D eigenvalue weighted by molar-refractivity contribution is 5.98. The molecule has 174 valence electrons. The maximum absolute atomic E-state index is 13.2. The fourth-order valence-electron chi connectivity index (χ4n) is 3.84. The molecule has 0 bridgehead atoms. The lowest BCUT2D eigenvalue weighted by Gasteiger charge is -2.16. The first-order valence-corrected chi connectivity index (χ1v) is 11.2. The van der Waals surface area contributed by atoms with Crippen LogP contribution >= 0.6 is 0 Å². The summed E-state index contributed by atoms with van der Waals surface area (Å²) < 4.78 is 0. The minimum atomic E-state index is -0.516. The van der Waals surface area contributed by atoms with Gasteiger partial charge in [-0.25, -0.2) is 19.9 Å². The van der Waals surface area contributed by atoms with Crippen LogP contribution in [0.2, 0.25) is 0 Å². The summed E-state index contributed by atoms with van der Waals surface area (Å²) in [5.74, 6) is -0.480. The number of benzene rings is 2. The largest absolute Gasteiger partial charge is 0.382 e. The summed E-state index contributed by atoms with van der Waals surface area (Å²) in [4.78, 5) is 34.9. The van der Waals surface area contributed by atoms with E-state index in [1.54, 1.807) is 19.2 Å². The molecule has 3 heterocycles. The number of anilines is 1. The van der Waals surface area contributed by atoms with Gasteiger partial charge in [0.1, 0.15) is 6.07 Å². The van der Waals surface area contributed by atoms with Gasteiger partial charge in [0.25, 0.3) is 5.91 Å². The van der Waals surface area contributed by atoms with Crippen molar-refractivity contribution in [3.8, 4) is 28.6 Å². The maximum atomic E-state index is 13.2. The minimum Gasteiger partial charge on any atom is -0.382 e. The second kappa shape index (κ2) is 9.56. The minimum absolute atomic E-state index is 0.00243. The molecule has 0 fully saturated rings. The van der Waals surface area contributed by atoms with Crippen molar-refractivity contribution in [2.75, 3.05) is 5.73 Å². The van der Waals surface area contributed by atoms with Crippen molar-refractivity contribution in [2.45, 2.75) is 13.0 Å². The SMILES string of the molecule is CC(NC(=O)c1nc(-c2ccc3ncccc3c2)c(-c2ccccc2)nc1N)c1ccnc(C#N)n1. The summed E-state index contributed by atoms with van der Waals surface area (Å²) in [6.45, 7) is 1.75. The van der Waals surface area contributed by atoms with Gasteiger partial charge in [0.2, 0.25) is 5.82 Å². The molecule has 0 aliphatic heterocycles. The Morgan fingerprint density at radius 2 is 1.72 bits per heavy atom. The first-order valence-electron chi connectivity index (χ1n) is 11.2. The van der Waals surface area contributed by atoms with Crippen molar-refractivity contribution < 1.29 is 4.79 Å². The molecule has 0 aliphatic carbocycles. The number of nitrogens with zero attached hydrogens (tertiary/aromatic N) is 6. The highest BCUT2D eigenvalue weighted by atomic mass is 16.2. The number of pyridine rings is 1. The Balaban J connectivity index is 1.58. The van der Waals surface area contributed by atoms with Crippen molar-refractivity contribution in [2.24, 2.45) is 0 Å². The summed E-state index contributed by atoms with van der Waals surface area (Å²) in [6, 6.07) is 22.2. The predicted octanol–water partition coefficient (Wildman–Crippen LogP) is 4.09. The third kappa shape index (κ3) is 4.43. The van der Waals surface area contributed by atoms with Crippen molar-refractivity contribution in [3.63, 3.8) is 0 Å². The summed E-state index contributed by atoms with van der Waals surface area (Å²) in [7, 11) is 0. The quantitative estimate of drug-likeness (QED) is 0.389. The molecule has 1 unspecified atom stereocenters. The zero-order chi connectivity index (χ0) is 25.1. The molecule has 0 radical (unpaired) electrons. The number of fused-ring (bicyclic) bond motifs is 1. The Kier molecular flexibility index (Phi) is 5.99. The van der Waals surface area contributed by atoms with Gasteiger partial charge in [-0.3, -0.25) is 9.78 Å². The maximum Gasteiger partial charge on any atom is 0.274 e. The first-order chi connectivity index (χ1) is 17.5. The molecule has 1 atom stereocenters. The highest BCUT2D eigenvalue weighted by Crippen LogP contribution is 2.32. The van der Waals surface area contributed by atoms with Gasteiger partial charge in [0.15, 0.2) is 11.5 Å². The van der Waals surface area contributed by atoms with Gasteiger partial charge in [-0.05, 0) is 31.2 Å². The molecule has 0 aliphatic rings. The highest BCUT2D eigenvalue weighted by Gasteiger charge is 2.22. The third-order valence-corrected chi connectivity index (χ3v) is 5.63. The lowest BCUT2D eigenvalue weighted by atomic mass is 10.0. The van der Waals surface area contributed by atoms with E-state index in [4.69, 9.17) is 16.0 Å². The molecule has 1 amide bonds. The number of rotatable bonds is 5. The third-order valence-electron chi connectivity index (χ3n) is 5.63. The van der Waals surface area contributed by atoms with E-state index in [1.807, 2.05) is 66.7 Å². The molecule has 9 nitrogen and oxygen atoms in total. The zero-order valence-corrected chi connectivity index (χ0v) is 19.3. The van der Waals surface area contributed by atoms with Crippen LogP contribution in [0.25, 0.3) is 33.4 Å². The van der Waals surface area contributed by atoms with E-state index in [0.717, 1.165) is 22.0 Å². The second-order valence-corrected chi connectivity index (χ2v) is 8.04. The fraction of sp³-hybridized carbons (Fsp3) is 0.0741. The molecular weight excluding hydrogens is 452 g/mol. The zero-order valence-electron chi connectivity index (χ0n) is 19.3. The second-order valence-electron chi connectivity index (χ2n) is 8.04. The lowest BCUT2D eigenvalue weighted by Crippen LogP contribution is -2.29. The van der Waals surface area contributed by atoms with E-state index < -0.39 is 11.9 Å². The average Bonchev–Trinajstić information content (AvgIpc) is 2.93. The van der Waals surface area contributed by atoms with E-state index in [2.05, 4.69) is 25.3 Å². The molecule has 5 rings (SSSR count). The topological polar surface area (TPSA) is 143 Å². The summed E-state index contributed by atoms with van der Waals surface area (Å²) in [5.41, 5.74) is 10.3. The average molecular weight is 473 g/mol. The van der Waals surface area contributed by atoms with E-state index >= 15 is 0 Å². The predicted molar refractivity (Wildman–Crippen MR) is 135 cm³/mol. The standard InChI is InChI=1S/C27H20N8O/c1-16(20-11-13-31-22(15-28)33-20)32-27(36)25-26(29)35-23(17-6-3-2-4-7-17)24(34-25)19-9-10-21-18(14-19)8-5-12-30-21/h2-14,16H,1H3,(H2,29,35)(H,32,36). The number of amides is 1. The number of nitrogens with two attached hydrogens (primary N) is 1. The van der Waals surface area contributed by atoms with Crippen molar-refractivity contribution >= 4 is 22.6 Å². The van der Waals surface area contributed by atoms with Gasteiger partial charge < -0.3 is 11.1 Å². The number of nitriles is 1. The Morgan fingerprint density at radius 3 is 2.53 bits per heavy atom. The summed E-state index contributed by atoms with van der Waals surface area (Å²) in [6.07, 6.45) is 3.21. The number of nitrogens with one attached hydrogen (secondary N) is 1. The van der Waals surface area contributed by atoms with Crippen LogP contribution in [-0.4, -0.2) is 30.8 Å². The summed E-state index contributed by atoms with van der Waals surface area (Å²) in [5, 5.41) is 12.8. The van der Waals surface area contributed by atoms with Crippen LogP contribution in [0, 0.1) is 11.3 Å². The van der Waals surface area contributed by atoms with Gasteiger partial charge >= 0.3 is 0 Å².